The molecule has 128 valence electrons. The summed E-state index contributed by atoms with van der Waals surface area (Å²) in [5.74, 6) is 1.05. The van der Waals surface area contributed by atoms with Gasteiger partial charge in [-0.15, -0.1) is 0 Å². The first-order valence-electron chi connectivity index (χ1n) is 8.21. The molecule has 0 bridgehead atoms. The molecular weight excluding hydrogens is 304 g/mol. The van der Waals surface area contributed by atoms with E-state index in [1.165, 1.54) is 7.11 Å². The van der Waals surface area contributed by atoms with Crippen molar-refractivity contribution in [2.75, 3.05) is 30.4 Å². The van der Waals surface area contributed by atoms with E-state index in [-0.39, 0.29) is 5.97 Å². The number of benzene rings is 1. The van der Waals surface area contributed by atoms with Crippen LogP contribution in [0.4, 0.5) is 17.5 Å². The van der Waals surface area contributed by atoms with Crippen LogP contribution in [0, 0.1) is 0 Å². The number of methoxy groups -OCH3 is 1. The van der Waals surface area contributed by atoms with Gasteiger partial charge in [0.2, 0.25) is 5.95 Å². The molecule has 6 heteroatoms. The fourth-order valence-electron chi connectivity index (χ4n) is 2.41. The van der Waals surface area contributed by atoms with Crippen molar-refractivity contribution in [1.82, 2.24) is 9.97 Å². The Hall–Kier alpha value is -2.63. The summed E-state index contributed by atoms with van der Waals surface area (Å²) in [7, 11) is 1.37. The third kappa shape index (κ3) is 4.68. The van der Waals surface area contributed by atoms with Crippen LogP contribution in [0.3, 0.4) is 0 Å². The minimum absolute atomic E-state index is 0.362. The van der Waals surface area contributed by atoms with E-state index < -0.39 is 0 Å². The quantitative estimate of drug-likeness (QED) is 0.746. The summed E-state index contributed by atoms with van der Waals surface area (Å²) in [6.07, 6.45) is 3.83. The van der Waals surface area contributed by atoms with Crippen molar-refractivity contribution in [3.05, 3.63) is 42.1 Å². The number of carbonyl (C=O) groups is 1. The highest BCUT2D eigenvalue weighted by Gasteiger charge is 2.09. The van der Waals surface area contributed by atoms with Gasteiger partial charge in [-0.1, -0.05) is 19.9 Å². The maximum atomic E-state index is 11.6. The minimum atomic E-state index is -0.362. The lowest BCUT2D eigenvalue weighted by Gasteiger charge is -2.21. The third-order valence-electron chi connectivity index (χ3n) is 3.47. The van der Waals surface area contributed by atoms with E-state index in [1.807, 2.05) is 12.1 Å². The van der Waals surface area contributed by atoms with Crippen LogP contribution in [0.2, 0.25) is 0 Å². The molecule has 1 aromatic heterocycles. The monoisotopic (exact) mass is 328 g/mol. The Kier molecular flexibility index (Phi) is 6.54. The number of hydrogen-bond acceptors (Lipinski definition) is 6. The predicted molar refractivity (Wildman–Crippen MR) is 95.9 cm³/mol. The van der Waals surface area contributed by atoms with E-state index in [2.05, 4.69) is 34.0 Å². The lowest BCUT2D eigenvalue weighted by molar-refractivity contribution is 0.0601. The van der Waals surface area contributed by atoms with Gasteiger partial charge in [0.15, 0.2) is 0 Å². The predicted octanol–water partition coefficient (Wildman–Crippen LogP) is 3.63. The number of carbonyl (C=O) groups excluding carboxylic acids is 1. The van der Waals surface area contributed by atoms with Crippen molar-refractivity contribution in [3.63, 3.8) is 0 Å². The molecule has 0 unspecified atom stereocenters. The summed E-state index contributed by atoms with van der Waals surface area (Å²) in [5, 5.41) is 3.22. The number of rotatable bonds is 8. The second kappa shape index (κ2) is 8.86. The lowest BCUT2D eigenvalue weighted by Crippen LogP contribution is -2.27. The van der Waals surface area contributed by atoms with E-state index in [4.69, 9.17) is 4.74 Å². The first kappa shape index (κ1) is 17.7. The largest absolute Gasteiger partial charge is 0.465 e. The van der Waals surface area contributed by atoms with Gasteiger partial charge in [-0.25, -0.2) is 9.78 Å². The van der Waals surface area contributed by atoms with Gasteiger partial charge in [0.25, 0.3) is 0 Å². The number of nitrogens with one attached hydrogen (secondary N) is 1. The molecule has 0 saturated heterocycles. The molecule has 1 N–H and O–H groups in total. The molecule has 0 aliphatic carbocycles. The normalized spacial score (nSPS) is 10.3. The van der Waals surface area contributed by atoms with E-state index in [0.29, 0.717) is 17.3 Å². The molecule has 2 rings (SSSR count). The molecule has 1 aromatic carbocycles. The molecular formula is C18H24N4O2. The van der Waals surface area contributed by atoms with Gasteiger partial charge in [-0.05, 0) is 37.1 Å². The molecule has 0 amide bonds. The van der Waals surface area contributed by atoms with Crippen LogP contribution < -0.4 is 10.2 Å². The maximum Gasteiger partial charge on any atom is 0.337 e. The highest BCUT2D eigenvalue weighted by molar-refractivity contribution is 5.90. The van der Waals surface area contributed by atoms with Crippen molar-refractivity contribution < 1.29 is 9.53 Å². The van der Waals surface area contributed by atoms with Crippen molar-refractivity contribution in [2.45, 2.75) is 26.7 Å². The topological polar surface area (TPSA) is 67.4 Å². The van der Waals surface area contributed by atoms with Gasteiger partial charge >= 0.3 is 5.97 Å². The fraction of sp³-hybridized carbons (Fsp3) is 0.389. The summed E-state index contributed by atoms with van der Waals surface area (Å²) >= 11 is 0. The maximum absolute atomic E-state index is 11.6. The zero-order valence-electron chi connectivity index (χ0n) is 14.5. The molecule has 0 aliphatic rings. The number of anilines is 3. The highest BCUT2D eigenvalue weighted by atomic mass is 16.5. The Morgan fingerprint density at radius 1 is 1.21 bits per heavy atom. The summed E-state index contributed by atoms with van der Waals surface area (Å²) in [6.45, 7) is 6.14. The first-order chi connectivity index (χ1) is 11.7. The average molecular weight is 328 g/mol. The Morgan fingerprint density at radius 2 is 1.96 bits per heavy atom. The Balaban J connectivity index is 2.18. The Bertz CT molecular complexity index is 670. The average Bonchev–Trinajstić information content (AvgIpc) is 2.61. The molecule has 0 fully saturated rings. The first-order valence-corrected chi connectivity index (χ1v) is 8.21. The smallest absolute Gasteiger partial charge is 0.337 e. The molecule has 2 aromatic rings. The van der Waals surface area contributed by atoms with Gasteiger partial charge in [0.1, 0.15) is 5.82 Å². The SMILES string of the molecule is CCCN(CCC)c1nccc(Nc2cccc(C(=O)OC)c2)n1. The van der Waals surface area contributed by atoms with E-state index >= 15 is 0 Å². The van der Waals surface area contributed by atoms with Gasteiger partial charge in [-0.2, -0.15) is 4.98 Å². The Morgan fingerprint density at radius 3 is 2.62 bits per heavy atom. The van der Waals surface area contributed by atoms with Gasteiger partial charge in [0.05, 0.1) is 12.7 Å². The molecule has 0 atom stereocenters. The molecule has 1 heterocycles. The van der Waals surface area contributed by atoms with E-state index in [0.717, 1.165) is 31.6 Å². The van der Waals surface area contributed by atoms with Crippen molar-refractivity contribution in [2.24, 2.45) is 0 Å². The van der Waals surface area contributed by atoms with Crippen LogP contribution in [0.1, 0.15) is 37.0 Å². The van der Waals surface area contributed by atoms with Gasteiger partial charge in [0, 0.05) is 25.0 Å². The van der Waals surface area contributed by atoms with Crippen LogP contribution in [0.5, 0.6) is 0 Å². The molecule has 0 aliphatic heterocycles. The molecule has 0 saturated carbocycles. The molecule has 24 heavy (non-hydrogen) atoms. The zero-order valence-corrected chi connectivity index (χ0v) is 14.5. The Labute approximate surface area is 142 Å². The van der Waals surface area contributed by atoms with Crippen molar-refractivity contribution >= 4 is 23.4 Å². The van der Waals surface area contributed by atoms with E-state index in [1.54, 1.807) is 24.4 Å². The fourth-order valence-corrected chi connectivity index (χ4v) is 2.41. The van der Waals surface area contributed by atoms with Crippen LogP contribution in [0.15, 0.2) is 36.5 Å². The number of hydrogen-bond donors (Lipinski definition) is 1. The lowest BCUT2D eigenvalue weighted by atomic mass is 10.2. The number of aromatic nitrogens is 2. The molecule has 6 nitrogen and oxygen atoms in total. The van der Waals surface area contributed by atoms with Crippen molar-refractivity contribution in [1.29, 1.82) is 0 Å². The van der Waals surface area contributed by atoms with Gasteiger partial charge in [-0.3, -0.25) is 0 Å². The summed E-state index contributed by atoms with van der Waals surface area (Å²) < 4.78 is 4.75. The number of nitrogens with zero attached hydrogens (tertiary/aromatic N) is 3. The second-order valence-corrected chi connectivity index (χ2v) is 5.43. The van der Waals surface area contributed by atoms with E-state index in [9.17, 15) is 4.79 Å². The van der Waals surface area contributed by atoms with Crippen LogP contribution >= 0.6 is 0 Å². The van der Waals surface area contributed by atoms with Crippen LogP contribution in [0.25, 0.3) is 0 Å². The minimum Gasteiger partial charge on any atom is -0.465 e. The zero-order chi connectivity index (χ0) is 17.4. The van der Waals surface area contributed by atoms with Gasteiger partial charge < -0.3 is 15.0 Å². The summed E-state index contributed by atoms with van der Waals surface area (Å²) in [5.41, 5.74) is 1.27. The number of ether oxygens (including phenoxy) is 1. The van der Waals surface area contributed by atoms with Crippen LogP contribution in [-0.4, -0.2) is 36.1 Å². The third-order valence-corrected chi connectivity index (χ3v) is 3.47. The molecule has 0 radical (unpaired) electrons. The van der Waals surface area contributed by atoms with Crippen LogP contribution in [-0.2, 0) is 4.74 Å². The standard InChI is InChI=1S/C18H24N4O2/c1-4-11-22(12-5-2)18-19-10-9-16(21-18)20-15-8-6-7-14(13-15)17(23)24-3/h6-10,13H,4-5,11-12H2,1-3H3,(H,19,20,21). The summed E-state index contributed by atoms with van der Waals surface area (Å²) in [4.78, 5) is 22.8. The van der Waals surface area contributed by atoms with Crippen molar-refractivity contribution in [3.8, 4) is 0 Å². The summed E-state index contributed by atoms with van der Waals surface area (Å²) in [6, 6.07) is 8.95. The highest BCUT2D eigenvalue weighted by Crippen LogP contribution is 2.18. The molecule has 0 spiro atoms. The second-order valence-electron chi connectivity index (χ2n) is 5.43. The number of esters is 1.